The Balaban J connectivity index is 2.16. The molecule has 0 spiro atoms. The number of hydrogen-bond acceptors (Lipinski definition) is 3. The van der Waals surface area contributed by atoms with E-state index in [1.807, 2.05) is 0 Å². The molecule has 1 heterocycles. The van der Waals surface area contributed by atoms with Crippen LogP contribution in [0, 0.1) is 5.92 Å². The van der Waals surface area contributed by atoms with Crippen molar-refractivity contribution in [3.8, 4) is 0 Å². The molecule has 1 aliphatic rings. The van der Waals surface area contributed by atoms with Crippen LogP contribution in [0.2, 0.25) is 0 Å². The summed E-state index contributed by atoms with van der Waals surface area (Å²) in [5.74, 6) is -1.50. The minimum Gasteiger partial charge on any atom is -0.481 e. The van der Waals surface area contributed by atoms with E-state index in [-0.39, 0.29) is 17.7 Å². The topological polar surface area (TPSA) is 74.7 Å². The molecule has 1 aromatic carbocycles. The van der Waals surface area contributed by atoms with Gasteiger partial charge in [-0.2, -0.15) is 0 Å². The molecular weight excluding hydrogens is 282 g/mol. The van der Waals surface area contributed by atoms with Crippen LogP contribution >= 0.6 is 0 Å². The maximum atomic E-state index is 12.6. The first-order valence-electron chi connectivity index (χ1n) is 7.62. The zero-order valence-corrected chi connectivity index (χ0v) is 12.9. The summed E-state index contributed by atoms with van der Waals surface area (Å²) in [6.07, 6.45) is 1.72. The molecule has 0 radical (unpaired) electrons. The number of aliphatic carboxylic acids is 1. The van der Waals surface area contributed by atoms with Crippen LogP contribution in [-0.4, -0.2) is 40.3 Å². The Labute approximate surface area is 129 Å². The number of piperidine rings is 1. The molecule has 0 saturated carbocycles. The maximum Gasteiger partial charge on any atom is 0.308 e. The van der Waals surface area contributed by atoms with Gasteiger partial charge in [-0.25, -0.2) is 0 Å². The van der Waals surface area contributed by atoms with Crippen LogP contribution in [0.3, 0.4) is 0 Å². The number of ketones is 1. The van der Waals surface area contributed by atoms with Crippen LogP contribution in [0.1, 0.15) is 53.8 Å². The highest BCUT2D eigenvalue weighted by Gasteiger charge is 2.35. The van der Waals surface area contributed by atoms with Crippen molar-refractivity contribution in [3.05, 3.63) is 35.4 Å². The summed E-state index contributed by atoms with van der Waals surface area (Å²) in [7, 11) is 0. The number of nitrogens with zero attached hydrogens (tertiary/aromatic N) is 1. The first-order chi connectivity index (χ1) is 10.5. The smallest absolute Gasteiger partial charge is 0.308 e. The molecule has 1 amide bonds. The molecule has 0 aliphatic carbocycles. The summed E-state index contributed by atoms with van der Waals surface area (Å²) in [6.45, 7) is 4.15. The molecule has 2 atom stereocenters. The molecule has 5 nitrogen and oxygen atoms in total. The monoisotopic (exact) mass is 303 g/mol. The summed E-state index contributed by atoms with van der Waals surface area (Å²) in [5.41, 5.74) is 1.08. The fourth-order valence-electron chi connectivity index (χ4n) is 2.93. The number of carbonyl (C=O) groups excluding carboxylic acids is 2. The minimum absolute atomic E-state index is 0.0382. The molecule has 5 heteroatoms. The van der Waals surface area contributed by atoms with Crippen LogP contribution in [0.25, 0.3) is 0 Å². The Kier molecular flexibility index (Phi) is 4.96. The number of Topliss-reactive ketones (excluding diaryl/α,β-unsaturated/α-hetero) is 1. The first kappa shape index (κ1) is 16.2. The normalized spacial score (nSPS) is 21.5. The average Bonchev–Trinajstić information content (AvgIpc) is 2.53. The third-order valence-corrected chi connectivity index (χ3v) is 4.34. The minimum atomic E-state index is -0.853. The number of hydrogen-bond donors (Lipinski definition) is 1. The van der Waals surface area contributed by atoms with Crippen LogP contribution in [0.15, 0.2) is 24.3 Å². The number of carbonyl (C=O) groups is 3. The molecule has 1 N–H and O–H groups in total. The predicted octanol–water partition coefficient (Wildman–Crippen LogP) is 2.60. The van der Waals surface area contributed by atoms with Crippen molar-refractivity contribution in [2.75, 3.05) is 6.54 Å². The SMILES string of the molecule is CCC(=O)c1ccc(C(=O)N2CCC[C@H](C(=O)O)[C@@H]2C)cc1. The van der Waals surface area contributed by atoms with Gasteiger partial charge in [0, 0.05) is 30.1 Å². The molecule has 2 rings (SSSR count). The van der Waals surface area contributed by atoms with Crippen LogP contribution < -0.4 is 0 Å². The lowest BCUT2D eigenvalue weighted by Crippen LogP contribution is -2.49. The molecule has 22 heavy (non-hydrogen) atoms. The van der Waals surface area contributed by atoms with Gasteiger partial charge in [-0.1, -0.05) is 19.1 Å². The van der Waals surface area contributed by atoms with E-state index in [0.717, 1.165) is 0 Å². The fraction of sp³-hybridized carbons (Fsp3) is 0.471. The van der Waals surface area contributed by atoms with Crippen molar-refractivity contribution in [1.29, 1.82) is 0 Å². The van der Waals surface area contributed by atoms with Gasteiger partial charge >= 0.3 is 5.97 Å². The summed E-state index contributed by atoms with van der Waals surface area (Å²) in [6, 6.07) is 6.27. The second-order valence-electron chi connectivity index (χ2n) is 5.68. The van der Waals surface area contributed by atoms with Crippen molar-refractivity contribution in [1.82, 2.24) is 4.90 Å². The summed E-state index contributed by atoms with van der Waals surface area (Å²) < 4.78 is 0. The van der Waals surface area contributed by atoms with Crippen molar-refractivity contribution in [2.45, 2.75) is 39.2 Å². The van der Waals surface area contributed by atoms with Gasteiger partial charge in [0.2, 0.25) is 0 Å². The zero-order valence-electron chi connectivity index (χ0n) is 12.9. The number of benzene rings is 1. The highest BCUT2D eigenvalue weighted by Crippen LogP contribution is 2.25. The Morgan fingerprint density at radius 1 is 1.18 bits per heavy atom. The van der Waals surface area contributed by atoms with Crippen molar-refractivity contribution in [2.24, 2.45) is 5.92 Å². The predicted molar refractivity (Wildman–Crippen MR) is 81.9 cm³/mol. The third-order valence-electron chi connectivity index (χ3n) is 4.34. The van der Waals surface area contributed by atoms with Crippen LogP contribution in [0.5, 0.6) is 0 Å². The van der Waals surface area contributed by atoms with Gasteiger partial charge in [-0.05, 0) is 31.9 Å². The fourth-order valence-corrected chi connectivity index (χ4v) is 2.93. The Morgan fingerprint density at radius 2 is 1.77 bits per heavy atom. The molecule has 1 aromatic rings. The molecule has 0 aromatic heterocycles. The van der Waals surface area contributed by atoms with Gasteiger partial charge in [0.25, 0.3) is 5.91 Å². The molecule has 1 fully saturated rings. The van der Waals surface area contributed by atoms with Crippen LogP contribution in [-0.2, 0) is 4.79 Å². The van der Waals surface area contributed by atoms with E-state index in [1.165, 1.54) is 0 Å². The maximum absolute atomic E-state index is 12.6. The number of rotatable bonds is 4. The van der Waals surface area contributed by atoms with E-state index in [4.69, 9.17) is 0 Å². The lowest BCUT2D eigenvalue weighted by molar-refractivity contribution is -0.144. The van der Waals surface area contributed by atoms with Gasteiger partial charge in [0.1, 0.15) is 0 Å². The summed E-state index contributed by atoms with van der Waals surface area (Å²) in [4.78, 5) is 37.1. The number of likely N-dealkylation sites (tertiary alicyclic amines) is 1. The Hall–Kier alpha value is -2.17. The van der Waals surface area contributed by atoms with E-state index >= 15 is 0 Å². The summed E-state index contributed by atoms with van der Waals surface area (Å²) in [5, 5.41) is 9.23. The third kappa shape index (κ3) is 3.18. The van der Waals surface area contributed by atoms with E-state index in [0.29, 0.717) is 36.9 Å². The second-order valence-corrected chi connectivity index (χ2v) is 5.68. The van der Waals surface area contributed by atoms with Gasteiger partial charge in [0.15, 0.2) is 5.78 Å². The van der Waals surface area contributed by atoms with E-state index < -0.39 is 11.9 Å². The molecule has 1 saturated heterocycles. The zero-order chi connectivity index (χ0) is 16.3. The quantitative estimate of drug-likeness (QED) is 0.868. The average molecular weight is 303 g/mol. The van der Waals surface area contributed by atoms with Crippen molar-refractivity contribution >= 4 is 17.7 Å². The second kappa shape index (κ2) is 6.73. The Bertz CT molecular complexity index is 579. The number of carboxylic acids is 1. The molecular formula is C17H21NO4. The molecule has 1 aliphatic heterocycles. The van der Waals surface area contributed by atoms with Gasteiger partial charge in [-0.3, -0.25) is 14.4 Å². The van der Waals surface area contributed by atoms with Gasteiger partial charge in [0.05, 0.1) is 5.92 Å². The van der Waals surface area contributed by atoms with Crippen LogP contribution in [0.4, 0.5) is 0 Å². The summed E-state index contributed by atoms with van der Waals surface area (Å²) >= 11 is 0. The lowest BCUT2D eigenvalue weighted by Gasteiger charge is -2.37. The van der Waals surface area contributed by atoms with E-state index in [2.05, 4.69) is 0 Å². The Morgan fingerprint density at radius 3 is 2.32 bits per heavy atom. The standard InChI is InChI=1S/C17H21NO4/c1-3-15(19)12-6-8-13(9-7-12)16(20)18-10-4-5-14(11(18)2)17(21)22/h6-9,11,14H,3-5,10H2,1-2H3,(H,21,22)/t11-,14-/m0/s1. The van der Waals surface area contributed by atoms with Crippen molar-refractivity contribution < 1.29 is 19.5 Å². The van der Waals surface area contributed by atoms with Gasteiger partial charge in [-0.15, -0.1) is 0 Å². The van der Waals surface area contributed by atoms with Crippen molar-refractivity contribution in [3.63, 3.8) is 0 Å². The highest BCUT2D eigenvalue weighted by molar-refractivity contribution is 5.98. The van der Waals surface area contributed by atoms with Gasteiger partial charge < -0.3 is 10.0 Å². The molecule has 0 bridgehead atoms. The van der Waals surface area contributed by atoms with E-state index in [1.54, 1.807) is 43.0 Å². The first-order valence-corrected chi connectivity index (χ1v) is 7.62. The lowest BCUT2D eigenvalue weighted by atomic mass is 9.89. The van der Waals surface area contributed by atoms with E-state index in [9.17, 15) is 19.5 Å². The number of amides is 1. The molecule has 118 valence electrons. The molecule has 0 unspecified atom stereocenters. The largest absolute Gasteiger partial charge is 0.481 e. The highest BCUT2D eigenvalue weighted by atomic mass is 16.4. The number of carboxylic acid groups (broad SMARTS) is 1.